The van der Waals surface area contributed by atoms with E-state index in [9.17, 15) is 9.59 Å². The highest BCUT2D eigenvalue weighted by molar-refractivity contribution is 5.87. The summed E-state index contributed by atoms with van der Waals surface area (Å²) in [6.45, 7) is 7.14. The first-order chi connectivity index (χ1) is 13.5. The first-order valence-electron chi connectivity index (χ1n) is 9.64. The Labute approximate surface area is 165 Å². The molecular formula is C22H27N3O3. The van der Waals surface area contributed by atoms with Crippen LogP contribution < -0.4 is 10.2 Å². The molecule has 0 saturated carbocycles. The fourth-order valence-corrected chi connectivity index (χ4v) is 3.37. The lowest BCUT2D eigenvalue weighted by Gasteiger charge is -2.36. The van der Waals surface area contributed by atoms with Gasteiger partial charge in [-0.1, -0.05) is 24.3 Å². The molecular weight excluding hydrogens is 354 g/mol. The SMILES string of the molecule is Cc1cccc(N2CCN(CCC(=O)NCc3ccc(C(=O)O)cc3)CC2)c1. The maximum atomic E-state index is 12.1. The van der Waals surface area contributed by atoms with Crippen molar-refractivity contribution in [3.05, 3.63) is 65.2 Å². The van der Waals surface area contributed by atoms with Crippen LogP contribution in [0.2, 0.25) is 0 Å². The van der Waals surface area contributed by atoms with Gasteiger partial charge in [0.1, 0.15) is 0 Å². The van der Waals surface area contributed by atoms with Crippen molar-refractivity contribution in [1.82, 2.24) is 10.2 Å². The zero-order valence-corrected chi connectivity index (χ0v) is 16.2. The zero-order valence-electron chi connectivity index (χ0n) is 16.2. The Morgan fingerprint density at radius 2 is 1.75 bits per heavy atom. The van der Waals surface area contributed by atoms with Crippen LogP contribution in [0.4, 0.5) is 5.69 Å². The van der Waals surface area contributed by atoms with E-state index in [0.717, 1.165) is 38.3 Å². The maximum Gasteiger partial charge on any atom is 0.335 e. The molecule has 0 spiro atoms. The molecule has 1 heterocycles. The summed E-state index contributed by atoms with van der Waals surface area (Å²) in [7, 11) is 0. The summed E-state index contributed by atoms with van der Waals surface area (Å²) in [5.74, 6) is -0.929. The average molecular weight is 381 g/mol. The molecule has 0 aliphatic carbocycles. The highest BCUT2D eigenvalue weighted by atomic mass is 16.4. The number of hydrogen-bond acceptors (Lipinski definition) is 4. The number of rotatable bonds is 7. The molecule has 1 fully saturated rings. The standard InChI is InChI=1S/C22H27N3O3/c1-17-3-2-4-20(15-17)25-13-11-24(12-14-25)10-9-21(26)23-16-18-5-7-19(8-6-18)22(27)28/h2-8,15H,9-14,16H2,1H3,(H,23,26)(H,27,28). The Morgan fingerprint density at radius 1 is 1.04 bits per heavy atom. The van der Waals surface area contributed by atoms with Gasteiger partial charge in [0, 0.05) is 51.4 Å². The van der Waals surface area contributed by atoms with E-state index >= 15 is 0 Å². The number of carbonyl (C=O) groups excluding carboxylic acids is 1. The van der Waals surface area contributed by atoms with Gasteiger partial charge in [-0.2, -0.15) is 0 Å². The molecule has 1 aliphatic rings. The topological polar surface area (TPSA) is 72.9 Å². The third kappa shape index (κ3) is 5.57. The number of nitrogens with one attached hydrogen (secondary N) is 1. The first kappa shape index (κ1) is 19.9. The second kappa shape index (κ2) is 9.37. The Balaban J connectivity index is 1.37. The second-order valence-electron chi connectivity index (χ2n) is 7.20. The summed E-state index contributed by atoms with van der Waals surface area (Å²) in [6.07, 6.45) is 0.470. The first-order valence-corrected chi connectivity index (χ1v) is 9.64. The number of hydrogen-bond donors (Lipinski definition) is 2. The molecule has 0 unspecified atom stereocenters. The number of piperazine rings is 1. The zero-order chi connectivity index (χ0) is 19.9. The molecule has 1 saturated heterocycles. The molecule has 28 heavy (non-hydrogen) atoms. The van der Waals surface area contributed by atoms with Gasteiger partial charge in [0.05, 0.1) is 5.56 Å². The van der Waals surface area contributed by atoms with Crippen molar-refractivity contribution in [2.75, 3.05) is 37.6 Å². The monoisotopic (exact) mass is 381 g/mol. The van der Waals surface area contributed by atoms with Crippen LogP contribution in [0.1, 0.15) is 27.9 Å². The van der Waals surface area contributed by atoms with Gasteiger partial charge in [-0.3, -0.25) is 9.69 Å². The summed E-state index contributed by atoms with van der Waals surface area (Å²) in [5, 5.41) is 11.8. The third-order valence-corrected chi connectivity index (χ3v) is 5.08. The van der Waals surface area contributed by atoms with Crippen molar-refractivity contribution in [3.8, 4) is 0 Å². The minimum atomic E-state index is -0.946. The number of amides is 1. The number of benzene rings is 2. The lowest BCUT2D eigenvalue weighted by atomic mass is 10.1. The minimum absolute atomic E-state index is 0.0171. The van der Waals surface area contributed by atoms with Crippen LogP contribution in [-0.4, -0.2) is 54.6 Å². The van der Waals surface area contributed by atoms with Crippen molar-refractivity contribution in [2.45, 2.75) is 19.9 Å². The third-order valence-electron chi connectivity index (χ3n) is 5.08. The van der Waals surface area contributed by atoms with E-state index in [2.05, 4.69) is 46.3 Å². The predicted octanol–water partition coefficient (Wildman–Crippen LogP) is 2.52. The fourth-order valence-electron chi connectivity index (χ4n) is 3.37. The number of aromatic carboxylic acids is 1. The average Bonchev–Trinajstić information content (AvgIpc) is 2.71. The molecule has 1 aliphatic heterocycles. The van der Waals surface area contributed by atoms with E-state index in [4.69, 9.17) is 5.11 Å². The molecule has 2 aromatic rings. The number of carbonyl (C=O) groups is 2. The maximum absolute atomic E-state index is 12.1. The van der Waals surface area contributed by atoms with E-state index in [-0.39, 0.29) is 11.5 Å². The molecule has 148 valence electrons. The quantitative estimate of drug-likeness (QED) is 0.771. The lowest BCUT2D eigenvalue weighted by molar-refractivity contribution is -0.121. The molecule has 0 aromatic heterocycles. The number of carboxylic acid groups (broad SMARTS) is 1. The summed E-state index contributed by atoms with van der Waals surface area (Å²) in [5.41, 5.74) is 3.69. The summed E-state index contributed by atoms with van der Waals surface area (Å²) in [4.78, 5) is 27.7. The number of anilines is 1. The summed E-state index contributed by atoms with van der Waals surface area (Å²) < 4.78 is 0. The Kier molecular flexibility index (Phi) is 6.66. The van der Waals surface area contributed by atoms with Crippen LogP contribution >= 0.6 is 0 Å². The van der Waals surface area contributed by atoms with Crippen LogP contribution in [0.15, 0.2) is 48.5 Å². The minimum Gasteiger partial charge on any atom is -0.478 e. The molecule has 0 atom stereocenters. The second-order valence-corrected chi connectivity index (χ2v) is 7.20. The number of nitrogens with zero attached hydrogens (tertiary/aromatic N) is 2. The summed E-state index contributed by atoms with van der Waals surface area (Å²) in [6, 6.07) is 15.1. The van der Waals surface area contributed by atoms with Crippen LogP contribution in [-0.2, 0) is 11.3 Å². The van der Waals surface area contributed by atoms with Crippen molar-refractivity contribution in [1.29, 1.82) is 0 Å². The smallest absolute Gasteiger partial charge is 0.335 e. The van der Waals surface area contributed by atoms with Crippen molar-refractivity contribution >= 4 is 17.6 Å². The van der Waals surface area contributed by atoms with Crippen molar-refractivity contribution in [3.63, 3.8) is 0 Å². The fraction of sp³-hybridized carbons (Fsp3) is 0.364. The molecule has 0 bridgehead atoms. The molecule has 1 amide bonds. The van der Waals surface area contributed by atoms with E-state index in [1.807, 2.05) is 0 Å². The molecule has 6 heteroatoms. The van der Waals surface area contributed by atoms with Gasteiger partial charge in [0.15, 0.2) is 0 Å². The largest absolute Gasteiger partial charge is 0.478 e. The van der Waals surface area contributed by atoms with Crippen LogP contribution in [0.5, 0.6) is 0 Å². The van der Waals surface area contributed by atoms with Crippen LogP contribution in [0.25, 0.3) is 0 Å². The number of aryl methyl sites for hydroxylation is 1. The van der Waals surface area contributed by atoms with E-state index in [1.54, 1.807) is 24.3 Å². The van der Waals surface area contributed by atoms with Gasteiger partial charge in [-0.25, -0.2) is 4.79 Å². The van der Waals surface area contributed by atoms with Gasteiger partial charge in [-0.15, -0.1) is 0 Å². The highest BCUT2D eigenvalue weighted by Gasteiger charge is 2.17. The van der Waals surface area contributed by atoms with E-state index in [0.29, 0.717) is 13.0 Å². The normalized spacial score (nSPS) is 14.7. The van der Waals surface area contributed by atoms with Crippen molar-refractivity contribution < 1.29 is 14.7 Å². The van der Waals surface area contributed by atoms with Crippen molar-refractivity contribution in [2.24, 2.45) is 0 Å². The van der Waals surface area contributed by atoms with Crippen LogP contribution in [0.3, 0.4) is 0 Å². The molecule has 0 radical (unpaired) electrons. The molecule has 2 N–H and O–H groups in total. The Hall–Kier alpha value is -2.86. The van der Waals surface area contributed by atoms with Gasteiger partial charge in [0.2, 0.25) is 5.91 Å². The Morgan fingerprint density at radius 3 is 2.39 bits per heavy atom. The molecule has 6 nitrogen and oxygen atoms in total. The van der Waals surface area contributed by atoms with E-state index in [1.165, 1.54) is 11.3 Å². The number of carboxylic acids is 1. The highest BCUT2D eigenvalue weighted by Crippen LogP contribution is 2.17. The lowest BCUT2D eigenvalue weighted by Crippen LogP contribution is -2.47. The molecule has 2 aromatic carbocycles. The van der Waals surface area contributed by atoms with Gasteiger partial charge in [0.25, 0.3) is 0 Å². The van der Waals surface area contributed by atoms with Gasteiger partial charge < -0.3 is 15.3 Å². The summed E-state index contributed by atoms with van der Waals surface area (Å²) >= 11 is 0. The molecule has 3 rings (SSSR count). The van der Waals surface area contributed by atoms with E-state index < -0.39 is 5.97 Å². The Bertz CT molecular complexity index is 812. The van der Waals surface area contributed by atoms with Gasteiger partial charge >= 0.3 is 5.97 Å². The van der Waals surface area contributed by atoms with Gasteiger partial charge in [-0.05, 0) is 42.3 Å². The predicted molar refractivity (Wildman–Crippen MR) is 110 cm³/mol. The van der Waals surface area contributed by atoms with Crippen LogP contribution in [0, 0.1) is 6.92 Å².